The molecule has 11 heteroatoms. The normalized spacial score (nSPS) is 18.7. The summed E-state index contributed by atoms with van der Waals surface area (Å²) in [6.45, 7) is 1.76. The van der Waals surface area contributed by atoms with Crippen LogP contribution in [0.1, 0.15) is 32.6 Å². The van der Waals surface area contributed by atoms with Crippen LogP contribution >= 0.6 is 18.5 Å². The quantitative estimate of drug-likeness (QED) is 0.219. The van der Waals surface area contributed by atoms with Gasteiger partial charge in [-0.2, -0.15) is 0 Å². The van der Waals surface area contributed by atoms with Gasteiger partial charge in [-0.25, -0.2) is 14.4 Å². The molecule has 4 atom stereocenters. The number of benzene rings is 1. The summed E-state index contributed by atoms with van der Waals surface area (Å²) in [5.41, 5.74) is 2.01. The number of ether oxygens (including phenoxy) is 1. The molecule has 35 heavy (non-hydrogen) atoms. The second-order valence-corrected chi connectivity index (χ2v) is 9.93. The van der Waals surface area contributed by atoms with Gasteiger partial charge in [-0.05, 0) is 50.0 Å². The second kappa shape index (κ2) is 10.9. The monoisotopic (exact) mass is 516 g/mol. The van der Waals surface area contributed by atoms with E-state index in [1.54, 1.807) is 33.5 Å². The lowest BCUT2D eigenvalue weighted by molar-refractivity contribution is -0.119. The van der Waals surface area contributed by atoms with Crippen LogP contribution < -0.4 is 26.6 Å². The molecule has 0 saturated heterocycles. The molecule has 1 aliphatic rings. The molecule has 0 aliphatic heterocycles. The number of nitrogens with one attached hydrogen (secondary N) is 4. The standard InChI is InChI=1S/C24H31FN6O2P2/c1-12(33-3)20(26-2)24(32)30-15-6-4-5-14(9-15)29-23-19(35)11-28-22(31-23)17-10-27-21-16(17)7-13(25)8-18(21)34/h7-8,10-11,14-15,26-27H,4-6,9,34-35H2,1-3H3,(H,30,32)(H,28,29,31)/b20-12-/t14-,15+/m0/s1. The van der Waals surface area contributed by atoms with Crippen molar-refractivity contribution >= 4 is 51.7 Å². The molecule has 1 amide bonds. The van der Waals surface area contributed by atoms with E-state index in [2.05, 4.69) is 44.4 Å². The van der Waals surface area contributed by atoms with E-state index in [9.17, 15) is 9.18 Å². The SMILES string of the molecule is CN/C(C(=O)N[C@@H]1CCC[C@H](Nc2nc(-c3c[nH]c4c(P)cc(F)cc34)ncc2P)C1)=C(/C)OC. The minimum absolute atomic E-state index is 0.0353. The molecule has 4 N–H and O–H groups in total. The number of fused-ring (bicyclic) bond motifs is 1. The smallest absolute Gasteiger partial charge is 0.271 e. The maximum absolute atomic E-state index is 14.1. The van der Waals surface area contributed by atoms with E-state index >= 15 is 0 Å². The van der Waals surface area contributed by atoms with E-state index in [0.29, 0.717) is 23.1 Å². The van der Waals surface area contributed by atoms with E-state index in [-0.39, 0.29) is 23.8 Å². The molecule has 1 fully saturated rings. The number of carbonyl (C=O) groups excluding carboxylic acids is 1. The first kappa shape index (κ1) is 25.3. The second-order valence-electron chi connectivity index (χ2n) is 8.68. The number of likely N-dealkylation sites (N-methyl/N-ethyl adjacent to an activating group) is 1. The molecule has 0 radical (unpaired) electrons. The maximum atomic E-state index is 14.1. The van der Waals surface area contributed by atoms with Gasteiger partial charge in [0.2, 0.25) is 0 Å². The summed E-state index contributed by atoms with van der Waals surface area (Å²) in [6.07, 6.45) is 7.18. The fraction of sp³-hybridized carbons (Fsp3) is 0.375. The first-order chi connectivity index (χ1) is 16.8. The molecule has 3 aromatic rings. The highest BCUT2D eigenvalue weighted by Crippen LogP contribution is 2.28. The first-order valence-corrected chi connectivity index (χ1v) is 12.6. The predicted molar refractivity (Wildman–Crippen MR) is 145 cm³/mol. The average Bonchev–Trinajstić information content (AvgIpc) is 3.25. The third-order valence-electron chi connectivity index (χ3n) is 6.33. The van der Waals surface area contributed by atoms with Crippen LogP contribution in [0.15, 0.2) is 36.0 Å². The molecule has 186 valence electrons. The number of carbonyl (C=O) groups is 1. The maximum Gasteiger partial charge on any atom is 0.271 e. The van der Waals surface area contributed by atoms with Crippen molar-refractivity contribution in [2.45, 2.75) is 44.7 Å². The van der Waals surface area contributed by atoms with Gasteiger partial charge in [-0.3, -0.25) is 4.79 Å². The van der Waals surface area contributed by atoms with Gasteiger partial charge in [0.15, 0.2) is 5.82 Å². The van der Waals surface area contributed by atoms with Crippen molar-refractivity contribution in [1.29, 1.82) is 0 Å². The Morgan fingerprint density at radius 2 is 2.00 bits per heavy atom. The highest BCUT2D eigenvalue weighted by atomic mass is 31.0. The van der Waals surface area contributed by atoms with Gasteiger partial charge in [-0.1, -0.05) is 9.24 Å². The number of H-pyrrole nitrogens is 1. The Morgan fingerprint density at radius 1 is 1.23 bits per heavy atom. The number of aromatic nitrogens is 3. The number of methoxy groups -OCH3 is 1. The third kappa shape index (κ3) is 5.57. The van der Waals surface area contributed by atoms with Crippen LogP contribution in [-0.4, -0.2) is 47.1 Å². The molecule has 0 bridgehead atoms. The molecule has 1 aromatic carbocycles. The summed E-state index contributed by atoms with van der Waals surface area (Å²) in [6, 6.07) is 3.14. The van der Waals surface area contributed by atoms with Crippen LogP contribution in [0.2, 0.25) is 0 Å². The highest BCUT2D eigenvalue weighted by Gasteiger charge is 2.26. The van der Waals surface area contributed by atoms with Gasteiger partial charge in [0.05, 0.1) is 12.6 Å². The van der Waals surface area contributed by atoms with Crippen molar-refractivity contribution in [3.63, 3.8) is 0 Å². The van der Waals surface area contributed by atoms with Crippen LogP contribution in [0.5, 0.6) is 0 Å². The highest BCUT2D eigenvalue weighted by molar-refractivity contribution is 7.28. The molecule has 2 heterocycles. The number of aromatic amines is 1. The number of allylic oxidation sites excluding steroid dienone is 1. The fourth-order valence-corrected chi connectivity index (χ4v) is 5.12. The lowest BCUT2D eigenvalue weighted by atomic mass is 9.91. The Balaban J connectivity index is 1.51. The number of amides is 1. The zero-order chi connectivity index (χ0) is 25.1. The largest absolute Gasteiger partial charge is 0.499 e. The molecular formula is C24H31FN6O2P2. The fourth-order valence-electron chi connectivity index (χ4n) is 4.50. The number of nitrogens with zero attached hydrogens (tertiary/aromatic N) is 2. The van der Waals surface area contributed by atoms with Gasteiger partial charge in [0.25, 0.3) is 5.91 Å². The third-order valence-corrected chi connectivity index (χ3v) is 7.21. The first-order valence-electron chi connectivity index (χ1n) is 11.5. The van der Waals surface area contributed by atoms with Gasteiger partial charge < -0.3 is 25.7 Å². The molecule has 1 aliphatic carbocycles. The summed E-state index contributed by atoms with van der Waals surface area (Å²) in [5.74, 6) is 1.28. The van der Waals surface area contributed by atoms with Crippen LogP contribution in [0.3, 0.4) is 0 Å². The van der Waals surface area contributed by atoms with Gasteiger partial charge in [0, 0.05) is 47.8 Å². The van der Waals surface area contributed by atoms with Crippen molar-refractivity contribution in [3.8, 4) is 11.4 Å². The van der Waals surface area contributed by atoms with E-state index in [4.69, 9.17) is 9.72 Å². The summed E-state index contributed by atoms with van der Waals surface area (Å²) in [4.78, 5) is 25.2. The Bertz CT molecular complexity index is 1280. The summed E-state index contributed by atoms with van der Waals surface area (Å²) in [7, 11) is 8.47. The van der Waals surface area contributed by atoms with Crippen molar-refractivity contribution in [1.82, 2.24) is 25.6 Å². The van der Waals surface area contributed by atoms with E-state index in [1.165, 1.54) is 12.1 Å². The molecule has 0 spiro atoms. The Hall–Kier alpha value is -2.76. The van der Waals surface area contributed by atoms with Crippen LogP contribution in [0, 0.1) is 5.82 Å². The van der Waals surface area contributed by atoms with E-state index < -0.39 is 0 Å². The van der Waals surface area contributed by atoms with Crippen LogP contribution in [-0.2, 0) is 9.53 Å². The van der Waals surface area contributed by atoms with Crippen molar-refractivity contribution in [3.05, 3.63) is 41.8 Å². The zero-order valence-electron chi connectivity index (χ0n) is 20.0. The summed E-state index contributed by atoms with van der Waals surface area (Å²) < 4.78 is 19.3. The minimum atomic E-state index is -0.309. The molecule has 4 rings (SSSR count). The zero-order valence-corrected chi connectivity index (χ0v) is 22.3. The Morgan fingerprint density at radius 3 is 2.74 bits per heavy atom. The Labute approximate surface area is 208 Å². The molecule has 1 saturated carbocycles. The minimum Gasteiger partial charge on any atom is -0.499 e. The molecule has 8 nitrogen and oxygen atoms in total. The number of halogens is 1. The van der Waals surface area contributed by atoms with E-state index in [1.807, 2.05) is 0 Å². The lowest BCUT2D eigenvalue weighted by Gasteiger charge is -2.31. The lowest BCUT2D eigenvalue weighted by Crippen LogP contribution is -2.44. The van der Waals surface area contributed by atoms with E-state index in [0.717, 1.165) is 52.8 Å². The van der Waals surface area contributed by atoms with Crippen molar-refractivity contribution in [2.24, 2.45) is 0 Å². The average molecular weight is 516 g/mol. The summed E-state index contributed by atoms with van der Waals surface area (Å²) in [5, 5.41) is 11.9. The van der Waals surface area contributed by atoms with Crippen LogP contribution in [0.25, 0.3) is 22.3 Å². The topological polar surface area (TPSA) is 104 Å². The summed E-state index contributed by atoms with van der Waals surface area (Å²) >= 11 is 0. The van der Waals surface area contributed by atoms with Crippen molar-refractivity contribution in [2.75, 3.05) is 19.5 Å². The van der Waals surface area contributed by atoms with Gasteiger partial charge in [-0.15, -0.1) is 9.24 Å². The van der Waals surface area contributed by atoms with Gasteiger partial charge in [0.1, 0.15) is 23.1 Å². The molecule has 2 unspecified atom stereocenters. The molecular weight excluding hydrogens is 485 g/mol. The van der Waals surface area contributed by atoms with Crippen LogP contribution in [0.4, 0.5) is 10.2 Å². The number of hydrogen-bond acceptors (Lipinski definition) is 6. The number of rotatable bonds is 7. The predicted octanol–water partition coefficient (Wildman–Crippen LogP) is 2.70. The van der Waals surface area contributed by atoms with Gasteiger partial charge >= 0.3 is 0 Å². The molecule has 2 aromatic heterocycles. The number of anilines is 1. The Kier molecular flexibility index (Phi) is 7.88. The number of hydrogen-bond donors (Lipinski definition) is 4. The van der Waals surface area contributed by atoms with Crippen molar-refractivity contribution < 1.29 is 13.9 Å².